The van der Waals surface area contributed by atoms with Gasteiger partial charge in [0.25, 0.3) is 0 Å². The third-order valence-electron chi connectivity index (χ3n) is 1.90. The van der Waals surface area contributed by atoms with Crippen molar-refractivity contribution in [3.05, 3.63) is 24.3 Å². The number of nitrogens with zero attached hydrogens (tertiary/aromatic N) is 1. The van der Waals surface area contributed by atoms with E-state index in [2.05, 4.69) is 4.99 Å². The first-order valence-electron chi connectivity index (χ1n) is 4.11. The molecule has 0 fully saturated rings. The monoisotopic (exact) mass is 247 g/mol. The van der Waals surface area contributed by atoms with E-state index in [4.69, 9.17) is 4.74 Å². The average Bonchev–Trinajstić information content (AvgIpc) is 2.56. The van der Waals surface area contributed by atoms with Crippen LogP contribution >= 0.6 is 11.8 Å². The molecule has 1 atom stereocenters. The second kappa shape index (κ2) is 3.54. The van der Waals surface area contributed by atoms with Crippen LogP contribution < -0.4 is 4.74 Å². The summed E-state index contributed by atoms with van der Waals surface area (Å²) in [5, 5.41) is -2.89. The molecule has 0 saturated carbocycles. The molecule has 2 rings (SSSR count). The van der Waals surface area contributed by atoms with Crippen molar-refractivity contribution < 1.29 is 22.7 Å². The van der Waals surface area contributed by atoms with Gasteiger partial charge in [-0.25, -0.2) is 4.79 Å². The van der Waals surface area contributed by atoms with E-state index in [9.17, 15) is 18.0 Å². The van der Waals surface area contributed by atoms with Crippen LogP contribution in [0.5, 0.6) is 5.75 Å². The number of fused-ring (bicyclic) bond motifs is 1. The summed E-state index contributed by atoms with van der Waals surface area (Å²) in [4.78, 5) is 13.1. The Bertz CT molecular complexity index is 443. The lowest BCUT2D eigenvalue weighted by Crippen LogP contribution is -2.43. The Morgan fingerprint density at radius 3 is 2.62 bits per heavy atom. The third kappa shape index (κ3) is 1.58. The number of hydrogen-bond donors (Lipinski definition) is 0. The molecule has 84 valence electrons. The Balaban J connectivity index is 2.46. The van der Waals surface area contributed by atoms with Gasteiger partial charge in [0, 0.05) is 0 Å². The highest BCUT2D eigenvalue weighted by Gasteiger charge is 2.62. The fourth-order valence-electron chi connectivity index (χ4n) is 1.22. The summed E-state index contributed by atoms with van der Waals surface area (Å²) in [5.41, 5.74) is 0. The molecule has 7 heteroatoms. The molecule has 1 aliphatic heterocycles. The molecular formula is C9H4F3NO2S. The van der Waals surface area contributed by atoms with Crippen LogP contribution in [0.4, 0.5) is 13.2 Å². The SMILES string of the molecule is O=C=NC1(C(F)(F)F)Oc2ccccc2S1. The van der Waals surface area contributed by atoms with Crippen molar-refractivity contribution in [2.45, 2.75) is 16.1 Å². The Morgan fingerprint density at radius 1 is 1.38 bits per heavy atom. The zero-order valence-electron chi connectivity index (χ0n) is 7.62. The molecule has 0 amide bonds. The maximum atomic E-state index is 12.7. The first-order chi connectivity index (χ1) is 7.48. The van der Waals surface area contributed by atoms with Crippen LogP contribution in [0.15, 0.2) is 34.2 Å². The number of aliphatic imine (C=N–C) groups is 1. The van der Waals surface area contributed by atoms with Crippen molar-refractivity contribution in [3.8, 4) is 5.75 Å². The zero-order chi connectivity index (χ0) is 11.8. The normalized spacial score (nSPS) is 23.2. The standard InChI is InChI=1S/C9H4F3NO2S/c10-8(11,12)9(13-5-14)15-6-3-1-2-4-7(6)16-9/h1-4H. The van der Waals surface area contributed by atoms with Gasteiger partial charge >= 0.3 is 11.2 Å². The molecule has 0 aromatic heterocycles. The van der Waals surface area contributed by atoms with Crippen LogP contribution in [0.25, 0.3) is 0 Å². The van der Waals surface area contributed by atoms with Gasteiger partial charge in [-0.15, -0.1) is 4.99 Å². The number of ether oxygens (including phenoxy) is 1. The van der Waals surface area contributed by atoms with Crippen molar-refractivity contribution in [3.63, 3.8) is 0 Å². The topological polar surface area (TPSA) is 38.7 Å². The van der Waals surface area contributed by atoms with Crippen LogP contribution in [-0.2, 0) is 4.79 Å². The summed E-state index contributed by atoms with van der Waals surface area (Å²) in [6.07, 6.45) is -3.88. The maximum absolute atomic E-state index is 12.7. The second-order valence-electron chi connectivity index (χ2n) is 2.93. The van der Waals surface area contributed by atoms with Crippen molar-refractivity contribution >= 4 is 17.8 Å². The van der Waals surface area contributed by atoms with Gasteiger partial charge in [-0.1, -0.05) is 12.1 Å². The van der Waals surface area contributed by atoms with Crippen LogP contribution in [0, 0.1) is 0 Å². The molecular weight excluding hydrogens is 243 g/mol. The van der Waals surface area contributed by atoms with Gasteiger partial charge in [0.15, 0.2) is 0 Å². The van der Waals surface area contributed by atoms with E-state index < -0.39 is 11.2 Å². The second-order valence-corrected chi connectivity index (χ2v) is 4.13. The number of benzene rings is 1. The first kappa shape index (κ1) is 11.0. The predicted octanol–water partition coefficient (Wildman–Crippen LogP) is 2.72. The molecule has 16 heavy (non-hydrogen) atoms. The zero-order valence-corrected chi connectivity index (χ0v) is 8.43. The van der Waals surface area contributed by atoms with Gasteiger partial charge in [0.1, 0.15) is 5.75 Å². The number of halogens is 3. The number of alkyl halides is 3. The molecule has 1 aromatic rings. The molecule has 0 radical (unpaired) electrons. The van der Waals surface area contributed by atoms with E-state index in [0.29, 0.717) is 16.7 Å². The van der Waals surface area contributed by atoms with Crippen LogP contribution in [0.1, 0.15) is 0 Å². The summed E-state index contributed by atoms with van der Waals surface area (Å²) >= 11 is 0.339. The average molecular weight is 247 g/mol. The van der Waals surface area contributed by atoms with Gasteiger partial charge in [0.2, 0.25) is 6.08 Å². The molecule has 1 aliphatic rings. The van der Waals surface area contributed by atoms with E-state index in [1.165, 1.54) is 18.2 Å². The number of isocyanates is 1. The lowest BCUT2D eigenvalue weighted by atomic mass is 10.3. The minimum atomic E-state index is -4.78. The van der Waals surface area contributed by atoms with Gasteiger partial charge in [-0.3, -0.25) is 0 Å². The van der Waals surface area contributed by atoms with E-state index in [-0.39, 0.29) is 5.75 Å². The minimum absolute atomic E-state index is 0.0591. The Hall–Kier alpha value is -1.46. The lowest BCUT2D eigenvalue weighted by molar-refractivity contribution is -0.205. The summed E-state index contributed by atoms with van der Waals surface area (Å²) < 4.78 is 43.0. The first-order valence-corrected chi connectivity index (χ1v) is 4.93. The van der Waals surface area contributed by atoms with Crippen LogP contribution in [-0.4, -0.2) is 17.3 Å². The minimum Gasteiger partial charge on any atom is -0.447 e. The number of thioether (sulfide) groups is 1. The largest absolute Gasteiger partial charge is 0.463 e. The van der Waals surface area contributed by atoms with Gasteiger partial charge in [-0.2, -0.15) is 13.2 Å². The Kier molecular flexibility index (Phi) is 2.44. The number of para-hydroxylation sites is 1. The summed E-state index contributed by atoms with van der Waals surface area (Å²) in [6, 6.07) is 5.96. The number of rotatable bonds is 1. The van der Waals surface area contributed by atoms with Crippen molar-refractivity contribution in [2.24, 2.45) is 4.99 Å². The lowest BCUT2D eigenvalue weighted by Gasteiger charge is -2.23. The van der Waals surface area contributed by atoms with E-state index in [0.717, 1.165) is 6.08 Å². The fourth-order valence-corrected chi connectivity index (χ4v) is 2.21. The highest BCUT2D eigenvalue weighted by atomic mass is 32.2. The van der Waals surface area contributed by atoms with E-state index in [1.54, 1.807) is 6.07 Å². The van der Waals surface area contributed by atoms with Gasteiger partial charge in [0.05, 0.1) is 4.90 Å². The fraction of sp³-hybridized carbons (Fsp3) is 0.222. The van der Waals surface area contributed by atoms with Crippen LogP contribution in [0.2, 0.25) is 0 Å². The molecule has 0 bridgehead atoms. The van der Waals surface area contributed by atoms with E-state index in [1.807, 2.05) is 0 Å². The molecule has 3 nitrogen and oxygen atoms in total. The Labute approximate surface area is 92.3 Å². The third-order valence-corrected chi connectivity index (χ3v) is 3.14. The van der Waals surface area contributed by atoms with Crippen molar-refractivity contribution in [1.82, 2.24) is 0 Å². The van der Waals surface area contributed by atoms with E-state index >= 15 is 0 Å². The van der Waals surface area contributed by atoms with Crippen molar-refractivity contribution in [2.75, 3.05) is 0 Å². The Morgan fingerprint density at radius 2 is 2.06 bits per heavy atom. The van der Waals surface area contributed by atoms with Gasteiger partial charge < -0.3 is 4.74 Å². The maximum Gasteiger partial charge on any atom is 0.463 e. The quantitative estimate of drug-likeness (QED) is 0.565. The van der Waals surface area contributed by atoms with Crippen LogP contribution in [0.3, 0.4) is 0 Å². The summed E-state index contributed by atoms with van der Waals surface area (Å²) in [7, 11) is 0. The molecule has 0 aliphatic carbocycles. The molecule has 1 aromatic carbocycles. The predicted molar refractivity (Wildman–Crippen MR) is 49.8 cm³/mol. The van der Waals surface area contributed by atoms with Gasteiger partial charge in [-0.05, 0) is 23.9 Å². The number of hydrogen-bond acceptors (Lipinski definition) is 4. The molecule has 0 N–H and O–H groups in total. The molecule has 0 spiro atoms. The highest BCUT2D eigenvalue weighted by Crippen LogP contribution is 2.54. The smallest absolute Gasteiger partial charge is 0.447 e. The highest BCUT2D eigenvalue weighted by molar-refractivity contribution is 8.01. The molecule has 0 saturated heterocycles. The summed E-state index contributed by atoms with van der Waals surface area (Å²) in [6.45, 7) is 0. The number of carbonyl (C=O) groups excluding carboxylic acids is 1. The summed E-state index contributed by atoms with van der Waals surface area (Å²) in [5.74, 6) is 0.0591. The van der Waals surface area contributed by atoms with Crippen molar-refractivity contribution in [1.29, 1.82) is 0 Å². The molecule has 1 heterocycles. The molecule has 1 unspecified atom stereocenters.